The molecule has 2 saturated carbocycles. The van der Waals surface area contributed by atoms with Crippen molar-refractivity contribution < 1.29 is 4.79 Å². The quantitative estimate of drug-likeness (QED) is 0.913. The molecule has 3 nitrogen and oxygen atoms in total. The first-order valence-corrected chi connectivity index (χ1v) is 8.88. The van der Waals surface area contributed by atoms with Gasteiger partial charge in [-0.3, -0.25) is 4.79 Å². The summed E-state index contributed by atoms with van der Waals surface area (Å²) in [5, 5.41) is 6.38. The third-order valence-corrected chi connectivity index (χ3v) is 5.71. The van der Waals surface area contributed by atoms with Crippen molar-refractivity contribution in [2.24, 2.45) is 5.92 Å². The predicted octanol–water partition coefficient (Wildman–Crippen LogP) is 3.75. The minimum absolute atomic E-state index is 0.141. The number of benzene rings is 1. The first-order valence-electron chi connectivity index (χ1n) is 8.00. The van der Waals surface area contributed by atoms with Crippen molar-refractivity contribution in [2.45, 2.75) is 44.6 Å². The van der Waals surface area contributed by atoms with E-state index < -0.39 is 0 Å². The van der Waals surface area contributed by atoms with Gasteiger partial charge in [0.05, 0.1) is 17.2 Å². The molecule has 2 aliphatic rings. The smallest absolute Gasteiger partial charge is 0.224 e. The van der Waals surface area contributed by atoms with Gasteiger partial charge in [-0.05, 0) is 43.2 Å². The van der Waals surface area contributed by atoms with Gasteiger partial charge in [-0.15, -0.1) is 11.3 Å². The number of hydrogen-bond donors (Lipinski definition) is 1. The molecule has 4 heteroatoms. The highest BCUT2D eigenvalue weighted by Crippen LogP contribution is 2.48. The summed E-state index contributed by atoms with van der Waals surface area (Å²) in [6.07, 6.45) is 3.53. The zero-order valence-corrected chi connectivity index (χ0v) is 13.5. The number of nitrogens with zero attached hydrogens (tertiary/aromatic N) is 1. The van der Waals surface area contributed by atoms with E-state index in [0.29, 0.717) is 18.4 Å². The zero-order valence-electron chi connectivity index (χ0n) is 12.7. The minimum atomic E-state index is 0.141. The molecule has 114 valence electrons. The van der Waals surface area contributed by atoms with Crippen LogP contribution in [0.3, 0.4) is 0 Å². The summed E-state index contributed by atoms with van der Waals surface area (Å²) in [5.41, 5.74) is 3.62. The Bertz CT molecular complexity index is 705. The largest absolute Gasteiger partial charge is 0.350 e. The zero-order chi connectivity index (χ0) is 15.1. The second kappa shape index (κ2) is 5.51. The van der Waals surface area contributed by atoms with Crippen LogP contribution >= 0.6 is 11.3 Å². The Kier molecular flexibility index (Phi) is 3.49. The van der Waals surface area contributed by atoms with Gasteiger partial charge >= 0.3 is 0 Å². The maximum atomic E-state index is 12.3. The Hall–Kier alpha value is -1.68. The minimum Gasteiger partial charge on any atom is -0.350 e. The van der Waals surface area contributed by atoms with E-state index in [-0.39, 0.29) is 11.8 Å². The lowest BCUT2D eigenvalue weighted by Gasteiger charge is -2.05. The molecule has 0 radical (unpaired) electrons. The van der Waals surface area contributed by atoms with E-state index in [0.717, 1.165) is 12.1 Å². The summed E-state index contributed by atoms with van der Waals surface area (Å²) in [5.74, 6) is 1.42. The van der Waals surface area contributed by atoms with Crippen LogP contribution in [0, 0.1) is 12.8 Å². The highest BCUT2D eigenvalue weighted by molar-refractivity contribution is 7.09. The van der Waals surface area contributed by atoms with Crippen LogP contribution in [0.15, 0.2) is 29.6 Å². The van der Waals surface area contributed by atoms with Gasteiger partial charge in [-0.1, -0.05) is 24.3 Å². The number of aromatic nitrogens is 1. The van der Waals surface area contributed by atoms with Gasteiger partial charge in [-0.2, -0.15) is 0 Å². The van der Waals surface area contributed by atoms with E-state index in [4.69, 9.17) is 0 Å². The average Bonchev–Trinajstić information content (AvgIpc) is 3.44. The van der Waals surface area contributed by atoms with Crippen molar-refractivity contribution in [3.63, 3.8) is 0 Å². The second-order valence-corrected chi connectivity index (χ2v) is 7.36. The first kappa shape index (κ1) is 13.9. The molecular formula is C18H20N2OS. The molecule has 1 aromatic carbocycles. The molecule has 2 atom stereocenters. The molecule has 2 aliphatic carbocycles. The van der Waals surface area contributed by atoms with Crippen LogP contribution in [0.25, 0.3) is 0 Å². The van der Waals surface area contributed by atoms with Gasteiger partial charge in [0.2, 0.25) is 5.91 Å². The summed E-state index contributed by atoms with van der Waals surface area (Å²) in [6.45, 7) is 2.69. The predicted molar refractivity (Wildman–Crippen MR) is 88.0 cm³/mol. The molecule has 22 heavy (non-hydrogen) atoms. The number of amides is 1. The molecule has 2 fully saturated rings. The fraction of sp³-hybridized carbons (Fsp3) is 0.444. The maximum absolute atomic E-state index is 12.3. The van der Waals surface area contributed by atoms with Crippen molar-refractivity contribution >= 4 is 17.2 Å². The summed E-state index contributed by atoms with van der Waals surface area (Å²) in [7, 11) is 0. The van der Waals surface area contributed by atoms with Crippen LogP contribution in [0.2, 0.25) is 0 Å². The van der Waals surface area contributed by atoms with Crippen LogP contribution < -0.4 is 5.32 Å². The Labute approximate surface area is 134 Å². The molecule has 0 saturated heterocycles. The molecule has 1 amide bonds. The van der Waals surface area contributed by atoms with Gasteiger partial charge in [0.15, 0.2) is 0 Å². The lowest BCUT2D eigenvalue weighted by atomic mass is 10.0. The van der Waals surface area contributed by atoms with E-state index in [2.05, 4.69) is 46.9 Å². The molecule has 0 unspecified atom stereocenters. The van der Waals surface area contributed by atoms with Crippen molar-refractivity contribution in [1.82, 2.24) is 10.3 Å². The number of thiazole rings is 1. The van der Waals surface area contributed by atoms with E-state index in [1.807, 2.05) is 0 Å². The van der Waals surface area contributed by atoms with Gasteiger partial charge in [0.1, 0.15) is 0 Å². The fourth-order valence-electron chi connectivity index (χ4n) is 3.06. The molecular weight excluding hydrogens is 292 g/mol. The van der Waals surface area contributed by atoms with E-state index >= 15 is 0 Å². The Morgan fingerprint density at radius 2 is 2.18 bits per heavy atom. The van der Waals surface area contributed by atoms with Crippen LogP contribution in [0.4, 0.5) is 0 Å². The summed E-state index contributed by atoms with van der Waals surface area (Å²) >= 11 is 1.73. The lowest BCUT2D eigenvalue weighted by Crippen LogP contribution is -2.25. The SMILES string of the molecule is Cc1ccccc1[C@H]1C[C@H]1C(=O)NCc1csc(C2CC2)n1. The molecule has 1 aromatic heterocycles. The van der Waals surface area contributed by atoms with Crippen molar-refractivity contribution in [3.05, 3.63) is 51.5 Å². The van der Waals surface area contributed by atoms with E-state index in [9.17, 15) is 4.79 Å². The summed E-state index contributed by atoms with van der Waals surface area (Å²) in [6, 6.07) is 8.38. The number of aryl methyl sites for hydroxylation is 1. The monoisotopic (exact) mass is 312 g/mol. The Morgan fingerprint density at radius 3 is 2.95 bits per heavy atom. The lowest BCUT2D eigenvalue weighted by molar-refractivity contribution is -0.122. The molecule has 0 spiro atoms. The number of rotatable bonds is 5. The number of carbonyl (C=O) groups excluding carboxylic acids is 1. The third-order valence-electron chi connectivity index (χ3n) is 4.65. The fourth-order valence-corrected chi connectivity index (χ4v) is 4.05. The number of hydrogen-bond acceptors (Lipinski definition) is 3. The molecule has 4 rings (SSSR count). The maximum Gasteiger partial charge on any atom is 0.224 e. The highest BCUT2D eigenvalue weighted by Gasteiger charge is 2.44. The van der Waals surface area contributed by atoms with Crippen LogP contribution in [-0.4, -0.2) is 10.9 Å². The van der Waals surface area contributed by atoms with Gasteiger partial charge in [0.25, 0.3) is 0 Å². The van der Waals surface area contributed by atoms with Gasteiger partial charge < -0.3 is 5.32 Å². The second-order valence-electron chi connectivity index (χ2n) is 6.47. The molecule has 2 aromatic rings. The average molecular weight is 312 g/mol. The first-order chi connectivity index (χ1) is 10.7. The Morgan fingerprint density at radius 1 is 1.36 bits per heavy atom. The topological polar surface area (TPSA) is 42.0 Å². The molecule has 1 heterocycles. The third kappa shape index (κ3) is 2.80. The number of nitrogens with one attached hydrogen (secondary N) is 1. The van der Waals surface area contributed by atoms with Gasteiger partial charge in [0, 0.05) is 17.2 Å². The highest BCUT2D eigenvalue weighted by atomic mass is 32.1. The van der Waals surface area contributed by atoms with Crippen LogP contribution in [-0.2, 0) is 11.3 Å². The van der Waals surface area contributed by atoms with Crippen LogP contribution in [0.1, 0.15) is 52.9 Å². The van der Waals surface area contributed by atoms with E-state index in [1.165, 1.54) is 29.0 Å². The van der Waals surface area contributed by atoms with Crippen molar-refractivity contribution in [2.75, 3.05) is 0 Å². The molecule has 1 N–H and O–H groups in total. The molecule has 0 bridgehead atoms. The van der Waals surface area contributed by atoms with Crippen LogP contribution in [0.5, 0.6) is 0 Å². The Balaban J connectivity index is 1.32. The normalized spacial score (nSPS) is 23.3. The van der Waals surface area contributed by atoms with Crippen molar-refractivity contribution in [1.29, 1.82) is 0 Å². The van der Waals surface area contributed by atoms with Gasteiger partial charge in [-0.25, -0.2) is 4.98 Å². The number of carbonyl (C=O) groups is 1. The summed E-state index contributed by atoms with van der Waals surface area (Å²) < 4.78 is 0. The summed E-state index contributed by atoms with van der Waals surface area (Å²) in [4.78, 5) is 16.9. The molecule has 0 aliphatic heterocycles. The van der Waals surface area contributed by atoms with Crippen molar-refractivity contribution in [3.8, 4) is 0 Å². The standard InChI is InChI=1S/C18H20N2OS/c1-11-4-2-3-5-14(11)15-8-16(15)17(21)19-9-13-10-22-18(20-13)12-6-7-12/h2-5,10,12,15-16H,6-9H2,1H3,(H,19,21)/t15-,16-/m1/s1. The van der Waals surface area contributed by atoms with E-state index in [1.54, 1.807) is 11.3 Å².